The van der Waals surface area contributed by atoms with Gasteiger partial charge in [0.1, 0.15) is 78.7 Å². The maximum Gasteiger partial charge on any atom is 0.187 e. The lowest BCUT2D eigenvalue weighted by molar-refractivity contribution is -0.356. The van der Waals surface area contributed by atoms with Gasteiger partial charge in [0.25, 0.3) is 0 Å². The molecular formula is C87H90O15S. The summed E-state index contributed by atoms with van der Waals surface area (Å²) in [5, 5.41) is 11.5. The molecule has 0 spiro atoms. The van der Waals surface area contributed by atoms with E-state index in [1.54, 1.807) is 11.8 Å². The van der Waals surface area contributed by atoms with Crippen LogP contribution in [-0.2, 0) is 126 Å². The first kappa shape index (κ1) is 73.3. The third kappa shape index (κ3) is 21.3. The van der Waals surface area contributed by atoms with Crippen molar-refractivity contribution in [2.75, 3.05) is 19.8 Å². The number of hydrogen-bond donors (Lipinski definition) is 1. The summed E-state index contributed by atoms with van der Waals surface area (Å²) in [6, 6.07) is 100. The number of ether oxygens (including phenoxy) is 14. The minimum absolute atomic E-state index is 0.0869. The fourth-order valence-corrected chi connectivity index (χ4v) is 14.2. The van der Waals surface area contributed by atoms with E-state index in [0.717, 1.165) is 55.0 Å². The summed E-state index contributed by atoms with van der Waals surface area (Å²) in [4.78, 5) is 0.975. The number of thioether (sulfide) groups is 1. The highest BCUT2D eigenvalue weighted by atomic mass is 32.2. The molecule has 534 valence electrons. The summed E-state index contributed by atoms with van der Waals surface area (Å²) >= 11 is 1.56. The Morgan fingerprint density at radius 3 is 0.718 bits per heavy atom. The fourth-order valence-electron chi connectivity index (χ4n) is 13.0. The number of aliphatic hydroxyl groups excluding tert-OH is 1. The Balaban J connectivity index is 0.881. The fraction of sp³-hybridized carbons (Fsp3) is 0.310. The number of aliphatic hydroxyl groups is 1. The van der Waals surface area contributed by atoms with Crippen LogP contribution in [0.4, 0.5) is 0 Å². The van der Waals surface area contributed by atoms with E-state index < -0.39 is 97.9 Å². The van der Waals surface area contributed by atoms with Gasteiger partial charge in [0.15, 0.2) is 12.6 Å². The molecule has 3 heterocycles. The van der Waals surface area contributed by atoms with Crippen molar-refractivity contribution in [3.8, 4) is 0 Å². The zero-order valence-corrected chi connectivity index (χ0v) is 58.4. The van der Waals surface area contributed by atoms with Gasteiger partial charge in [-0.2, -0.15) is 0 Å². The Bertz CT molecular complexity index is 3950. The lowest BCUT2D eigenvalue weighted by Crippen LogP contribution is -2.64. The molecule has 16 heteroatoms. The van der Waals surface area contributed by atoms with Crippen LogP contribution in [0.3, 0.4) is 0 Å². The molecule has 3 fully saturated rings. The van der Waals surface area contributed by atoms with Gasteiger partial charge in [-0.1, -0.05) is 303 Å². The Hall–Kier alpha value is -8.05. The average molecular weight is 1410 g/mol. The molecule has 3 aliphatic rings. The second kappa shape index (κ2) is 39.2. The van der Waals surface area contributed by atoms with Gasteiger partial charge in [-0.15, -0.1) is 0 Å². The van der Waals surface area contributed by atoms with E-state index in [4.69, 9.17) is 66.3 Å². The van der Waals surface area contributed by atoms with E-state index >= 15 is 0 Å². The summed E-state index contributed by atoms with van der Waals surface area (Å²) in [6.07, 6.45) is -12.6. The highest BCUT2D eigenvalue weighted by Crippen LogP contribution is 2.41. The van der Waals surface area contributed by atoms with Gasteiger partial charge in [-0.3, -0.25) is 0 Å². The first-order valence-corrected chi connectivity index (χ1v) is 36.3. The topological polar surface area (TPSA) is 149 Å². The molecule has 10 aromatic rings. The molecule has 0 amide bonds. The lowest BCUT2D eigenvalue weighted by Gasteiger charge is -2.49. The number of benzene rings is 10. The predicted octanol–water partition coefficient (Wildman–Crippen LogP) is 15.2. The molecule has 103 heavy (non-hydrogen) atoms. The predicted molar refractivity (Wildman–Crippen MR) is 392 cm³/mol. The van der Waals surface area contributed by atoms with Gasteiger partial charge in [-0.25, -0.2) is 0 Å². The van der Waals surface area contributed by atoms with Crippen molar-refractivity contribution in [3.05, 3.63) is 353 Å². The molecule has 10 aromatic carbocycles. The van der Waals surface area contributed by atoms with Crippen molar-refractivity contribution < 1.29 is 71.4 Å². The minimum atomic E-state index is -1.19. The minimum Gasteiger partial charge on any atom is -0.394 e. The van der Waals surface area contributed by atoms with E-state index in [0.29, 0.717) is 0 Å². The molecule has 0 bridgehead atoms. The van der Waals surface area contributed by atoms with Crippen LogP contribution in [0.1, 0.15) is 50.1 Å². The summed E-state index contributed by atoms with van der Waals surface area (Å²) in [5.41, 5.74) is 7.87. The van der Waals surface area contributed by atoms with E-state index in [2.05, 4.69) is 36.4 Å². The van der Waals surface area contributed by atoms with Crippen molar-refractivity contribution in [1.29, 1.82) is 0 Å². The number of rotatable bonds is 36. The Kier molecular flexibility index (Phi) is 27.9. The third-order valence-corrected chi connectivity index (χ3v) is 19.5. The summed E-state index contributed by atoms with van der Waals surface area (Å²) in [5.74, 6) is 0. The number of hydrogen-bond acceptors (Lipinski definition) is 16. The van der Waals surface area contributed by atoms with Crippen LogP contribution in [0.2, 0.25) is 0 Å². The quantitative estimate of drug-likeness (QED) is 0.0396. The largest absolute Gasteiger partial charge is 0.394 e. The van der Waals surface area contributed by atoms with Crippen LogP contribution in [0.5, 0.6) is 0 Å². The van der Waals surface area contributed by atoms with Gasteiger partial charge in [0.2, 0.25) is 0 Å². The second-order valence-corrected chi connectivity index (χ2v) is 26.9. The monoisotopic (exact) mass is 1410 g/mol. The van der Waals surface area contributed by atoms with Gasteiger partial charge < -0.3 is 71.4 Å². The van der Waals surface area contributed by atoms with Crippen LogP contribution in [0.15, 0.2) is 308 Å². The summed E-state index contributed by atoms with van der Waals surface area (Å²) in [6.45, 7) is 1.20. The molecule has 3 saturated heterocycles. The van der Waals surface area contributed by atoms with E-state index in [-0.39, 0.29) is 72.7 Å². The average Bonchev–Trinajstić information content (AvgIpc) is 0.835. The summed E-state index contributed by atoms with van der Waals surface area (Å²) < 4.78 is 101. The van der Waals surface area contributed by atoms with Crippen LogP contribution in [-0.4, -0.2) is 116 Å². The molecule has 13 rings (SSSR count). The normalized spacial score (nSPS) is 24.9. The smallest absolute Gasteiger partial charge is 0.187 e. The molecule has 15 nitrogen and oxygen atoms in total. The van der Waals surface area contributed by atoms with Crippen molar-refractivity contribution in [2.45, 2.75) is 156 Å². The summed E-state index contributed by atoms with van der Waals surface area (Å²) in [7, 11) is 0. The molecule has 0 aliphatic carbocycles. The van der Waals surface area contributed by atoms with Gasteiger partial charge in [-0.05, 0) is 62.2 Å². The van der Waals surface area contributed by atoms with E-state index in [1.165, 1.54) is 0 Å². The zero-order chi connectivity index (χ0) is 69.9. The molecular weight excluding hydrogens is 1320 g/mol. The molecule has 0 aromatic heterocycles. The van der Waals surface area contributed by atoms with Crippen LogP contribution in [0, 0.1) is 0 Å². The molecule has 3 aliphatic heterocycles. The van der Waals surface area contributed by atoms with Gasteiger partial charge in [0, 0.05) is 4.90 Å². The first-order chi connectivity index (χ1) is 51.0. The standard InChI is InChI=1S/C87H90O15S/c88-51-73-76(89-52-63-31-11-1-12-32-63)79(92-55-66-37-17-4-18-38-66)82(95-58-69-43-23-7-24-44-69)85(100-73)98-61-74-77(90-53-64-33-13-2-14-34-64)80(93-56-67-39-19-5-20-40-67)83(96-59-70-45-25-8-26-46-70)86(101-74)99-62-75-78(91-54-65-35-15-3-16-36-65)81(94-57-68-41-21-6-22-42-68)84(97-60-71-47-27-9-28-48-71)87(102-75)103-72-49-29-10-30-50-72/h1-50,73-88H,51-62H2/t73?,74?,75?,76-,77-,78-,79-,80-,81-,82?,83?,84?,85-,86-,87+/m1/s1. The Morgan fingerprint density at radius 2 is 0.437 bits per heavy atom. The lowest BCUT2D eigenvalue weighted by atomic mass is 9.96. The Morgan fingerprint density at radius 1 is 0.223 bits per heavy atom. The third-order valence-electron chi connectivity index (χ3n) is 18.4. The molecule has 1 N–H and O–H groups in total. The maximum absolute atomic E-state index is 11.5. The van der Waals surface area contributed by atoms with Crippen molar-refractivity contribution >= 4 is 11.8 Å². The van der Waals surface area contributed by atoms with Crippen molar-refractivity contribution in [3.63, 3.8) is 0 Å². The Labute approximate surface area is 608 Å². The molecule has 6 unspecified atom stereocenters. The molecule has 0 radical (unpaired) electrons. The van der Waals surface area contributed by atoms with Gasteiger partial charge >= 0.3 is 0 Å². The first-order valence-electron chi connectivity index (χ1n) is 35.5. The highest BCUT2D eigenvalue weighted by Gasteiger charge is 2.54. The highest BCUT2D eigenvalue weighted by molar-refractivity contribution is 7.99. The SMILES string of the molecule is OCC1O[C@@H](OCC2O[C@@H](OCC3O[C@@H](Sc4ccccc4)C(OCc4ccccc4)[C@H](OCc4ccccc4)[C@@H]3OCc3ccccc3)C(OCc3ccccc3)[C@H](OCc3ccccc3)[C@@H]2OCc2ccccc2)C(OCc2ccccc2)[C@H](OCc2ccccc2)[C@@H]1OCc1ccccc1. The molecule has 15 atom stereocenters. The second-order valence-electron chi connectivity index (χ2n) is 25.8. The van der Waals surface area contributed by atoms with Crippen LogP contribution < -0.4 is 0 Å². The van der Waals surface area contributed by atoms with Crippen molar-refractivity contribution in [1.82, 2.24) is 0 Å². The molecule has 0 saturated carbocycles. The van der Waals surface area contributed by atoms with Crippen molar-refractivity contribution in [2.24, 2.45) is 0 Å². The maximum atomic E-state index is 11.5. The van der Waals surface area contributed by atoms with Crippen LogP contribution >= 0.6 is 11.8 Å². The van der Waals surface area contributed by atoms with E-state index in [1.807, 2.05) is 267 Å². The van der Waals surface area contributed by atoms with E-state index in [9.17, 15) is 5.11 Å². The van der Waals surface area contributed by atoms with Crippen LogP contribution in [0.25, 0.3) is 0 Å². The zero-order valence-electron chi connectivity index (χ0n) is 57.6. The van der Waals surface area contributed by atoms with Gasteiger partial charge in [0.05, 0.1) is 79.3 Å².